The predicted molar refractivity (Wildman–Crippen MR) is 96.7 cm³/mol. The Balaban J connectivity index is 1.67. The van der Waals surface area contributed by atoms with Gasteiger partial charge >= 0.3 is 12.0 Å². The maximum Gasteiger partial charge on any atom is 0.326 e. The summed E-state index contributed by atoms with van der Waals surface area (Å²) >= 11 is 0. The number of urea groups is 1. The van der Waals surface area contributed by atoms with Crippen molar-refractivity contribution in [3.05, 3.63) is 65.2 Å². The van der Waals surface area contributed by atoms with Gasteiger partial charge in [-0.05, 0) is 25.5 Å². The van der Waals surface area contributed by atoms with Gasteiger partial charge < -0.3 is 15.2 Å². The summed E-state index contributed by atoms with van der Waals surface area (Å²) in [5.41, 5.74) is 0.871. The Kier molecular flexibility index (Phi) is 4.85. The molecule has 2 aromatic rings. The van der Waals surface area contributed by atoms with E-state index in [9.17, 15) is 19.5 Å². The molecule has 3 rings (SSSR count). The number of hydrogen-bond acceptors (Lipinski definition) is 5. The lowest BCUT2D eigenvalue weighted by Crippen LogP contribution is -2.41. The molecule has 2 N–H and O–H groups in total. The van der Waals surface area contributed by atoms with Gasteiger partial charge in [0.15, 0.2) is 0 Å². The molecule has 7 nitrogen and oxygen atoms in total. The minimum absolute atomic E-state index is 0.00670. The van der Waals surface area contributed by atoms with E-state index in [2.05, 4.69) is 5.32 Å². The number of benzene rings is 2. The van der Waals surface area contributed by atoms with Crippen LogP contribution in [0, 0.1) is 6.92 Å². The van der Waals surface area contributed by atoms with Gasteiger partial charge in [0.25, 0.3) is 5.91 Å². The average Bonchev–Trinajstić information content (AvgIpc) is 2.85. The molecule has 0 radical (unpaired) electrons. The van der Waals surface area contributed by atoms with Gasteiger partial charge in [0.05, 0.1) is 0 Å². The van der Waals surface area contributed by atoms with Gasteiger partial charge in [-0.1, -0.05) is 48.0 Å². The summed E-state index contributed by atoms with van der Waals surface area (Å²) in [6.45, 7) is 2.88. The van der Waals surface area contributed by atoms with Crippen LogP contribution in [-0.2, 0) is 26.5 Å². The smallest absolute Gasteiger partial charge is 0.326 e. The minimum atomic E-state index is -1.23. The number of rotatable bonds is 5. The SMILES string of the molecule is Cc1ccc([C@]2(C)NC(=O)N(CC(=O)OCc3ccccc3O)C2=O)cc1. The molecule has 1 fully saturated rings. The molecule has 1 heterocycles. The van der Waals surface area contributed by atoms with Gasteiger partial charge in [0.2, 0.25) is 0 Å². The molecule has 1 saturated heterocycles. The number of imide groups is 1. The van der Waals surface area contributed by atoms with Gasteiger partial charge in [-0.25, -0.2) is 4.79 Å². The monoisotopic (exact) mass is 368 g/mol. The molecular weight excluding hydrogens is 348 g/mol. The van der Waals surface area contributed by atoms with Gasteiger partial charge in [-0.2, -0.15) is 0 Å². The molecular formula is C20H20N2O5. The predicted octanol–water partition coefficient (Wildman–Crippen LogP) is 2.21. The Morgan fingerprint density at radius 3 is 2.48 bits per heavy atom. The van der Waals surface area contributed by atoms with Crippen LogP contribution in [0.4, 0.5) is 4.79 Å². The minimum Gasteiger partial charge on any atom is -0.508 e. The molecule has 1 aliphatic heterocycles. The fraction of sp³-hybridized carbons (Fsp3) is 0.250. The lowest BCUT2D eigenvalue weighted by molar-refractivity contribution is -0.148. The zero-order valence-corrected chi connectivity index (χ0v) is 15.1. The van der Waals surface area contributed by atoms with Crippen LogP contribution in [0.1, 0.15) is 23.6 Å². The van der Waals surface area contributed by atoms with Crippen molar-refractivity contribution in [1.29, 1.82) is 0 Å². The number of phenolic OH excluding ortho intramolecular Hbond substituents is 1. The Morgan fingerprint density at radius 2 is 1.81 bits per heavy atom. The summed E-state index contributed by atoms with van der Waals surface area (Å²) in [4.78, 5) is 38.0. The molecule has 1 atom stereocenters. The largest absolute Gasteiger partial charge is 0.508 e. The highest BCUT2D eigenvalue weighted by molar-refractivity contribution is 6.08. The van der Waals surface area contributed by atoms with E-state index in [1.54, 1.807) is 37.3 Å². The number of nitrogens with zero attached hydrogens (tertiary/aromatic N) is 1. The number of aromatic hydroxyl groups is 1. The van der Waals surface area contributed by atoms with Gasteiger partial charge in [0.1, 0.15) is 24.4 Å². The fourth-order valence-electron chi connectivity index (χ4n) is 2.89. The van der Waals surface area contributed by atoms with E-state index in [-0.39, 0.29) is 12.4 Å². The van der Waals surface area contributed by atoms with E-state index in [4.69, 9.17) is 4.74 Å². The van der Waals surface area contributed by atoms with Crippen molar-refractivity contribution in [1.82, 2.24) is 10.2 Å². The Hall–Kier alpha value is -3.35. The zero-order valence-electron chi connectivity index (χ0n) is 15.1. The molecule has 7 heteroatoms. The first-order chi connectivity index (χ1) is 12.8. The molecule has 27 heavy (non-hydrogen) atoms. The van der Waals surface area contributed by atoms with E-state index >= 15 is 0 Å². The summed E-state index contributed by atoms with van der Waals surface area (Å²) in [5.74, 6) is -1.25. The summed E-state index contributed by atoms with van der Waals surface area (Å²) in [6, 6.07) is 13.0. The number of esters is 1. The maximum atomic E-state index is 12.8. The quantitative estimate of drug-likeness (QED) is 0.623. The van der Waals surface area contributed by atoms with Crippen LogP contribution in [0.2, 0.25) is 0 Å². The molecule has 0 aliphatic carbocycles. The average molecular weight is 368 g/mol. The highest BCUT2D eigenvalue weighted by Crippen LogP contribution is 2.29. The number of ether oxygens (including phenoxy) is 1. The number of aryl methyl sites for hydroxylation is 1. The second-order valence-electron chi connectivity index (χ2n) is 6.60. The second-order valence-corrected chi connectivity index (χ2v) is 6.60. The molecule has 0 unspecified atom stereocenters. The Morgan fingerprint density at radius 1 is 1.15 bits per heavy atom. The molecule has 0 saturated carbocycles. The molecule has 1 aliphatic rings. The van der Waals surface area contributed by atoms with Crippen molar-refractivity contribution in [2.75, 3.05) is 6.54 Å². The van der Waals surface area contributed by atoms with Crippen LogP contribution >= 0.6 is 0 Å². The van der Waals surface area contributed by atoms with Crippen LogP contribution in [0.5, 0.6) is 5.75 Å². The van der Waals surface area contributed by atoms with Crippen molar-refractivity contribution >= 4 is 17.9 Å². The van der Waals surface area contributed by atoms with Crippen molar-refractivity contribution < 1.29 is 24.2 Å². The fourth-order valence-corrected chi connectivity index (χ4v) is 2.89. The number of nitrogens with one attached hydrogen (secondary N) is 1. The second kappa shape index (κ2) is 7.11. The molecule has 0 spiro atoms. The number of para-hydroxylation sites is 1. The van der Waals surface area contributed by atoms with Crippen molar-refractivity contribution in [3.63, 3.8) is 0 Å². The highest BCUT2D eigenvalue weighted by Gasteiger charge is 2.49. The number of phenols is 1. The number of carbonyl (C=O) groups is 3. The first-order valence-electron chi connectivity index (χ1n) is 8.45. The molecule has 0 aromatic heterocycles. The molecule has 2 aromatic carbocycles. The first-order valence-corrected chi connectivity index (χ1v) is 8.45. The van der Waals surface area contributed by atoms with E-state index in [1.165, 1.54) is 6.07 Å². The van der Waals surface area contributed by atoms with Crippen LogP contribution < -0.4 is 5.32 Å². The van der Waals surface area contributed by atoms with E-state index in [1.807, 2.05) is 19.1 Å². The van der Waals surface area contributed by atoms with Crippen LogP contribution in [0.25, 0.3) is 0 Å². The third-order valence-corrected chi connectivity index (χ3v) is 4.57. The molecule has 0 bridgehead atoms. The molecule has 3 amide bonds. The number of amides is 3. The number of hydrogen-bond donors (Lipinski definition) is 2. The van der Waals surface area contributed by atoms with Crippen molar-refractivity contribution in [2.24, 2.45) is 0 Å². The van der Waals surface area contributed by atoms with Gasteiger partial charge in [-0.15, -0.1) is 0 Å². The van der Waals surface area contributed by atoms with E-state index < -0.39 is 30.0 Å². The lowest BCUT2D eigenvalue weighted by atomic mass is 9.91. The highest BCUT2D eigenvalue weighted by atomic mass is 16.5. The van der Waals surface area contributed by atoms with Crippen molar-refractivity contribution in [2.45, 2.75) is 26.0 Å². The first kappa shape index (κ1) is 18.4. The Bertz CT molecular complexity index is 894. The van der Waals surface area contributed by atoms with E-state index in [0.717, 1.165) is 10.5 Å². The van der Waals surface area contributed by atoms with Crippen LogP contribution in [-0.4, -0.2) is 34.5 Å². The molecule has 140 valence electrons. The standard InChI is InChI=1S/C20H20N2O5/c1-13-7-9-15(10-8-13)20(2)18(25)22(19(26)21-20)11-17(24)27-12-14-5-3-4-6-16(14)23/h3-10,23H,11-12H2,1-2H3,(H,21,26)/t20-/m0/s1. The Labute approximate surface area is 156 Å². The third kappa shape index (κ3) is 3.62. The summed E-state index contributed by atoms with van der Waals surface area (Å²) < 4.78 is 5.08. The van der Waals surface area contributed by atoms with Gasteiger partial charge in [-0.3, -0.25) is 14.5 Å². The van der Waals surface area contributed by atoms with E-state index in [0.29, 0.717) is 11.1 Å². The lowest BCUT2D eigenvalue weighted by Gasteiger charge is -2.22. The van der Waals surface area contributed by atoms with Gasteiger partial charge in [0, 0.05) is 5.56 Å². The van der Waals surface area contributed by atoms with Crippen molar-refractivity contribution in [3.8, 4) is 5.75 Å². The number of carbonyl (C=O) groups excluding carboxylic acids is 3. The third-order valence-electron chi connectivity index (χ3n) is 4.57. The zero-order chi connectivity index (χ0) is 19.6. The summed E-state index contributed by atoms with van der Waals surface area (Å²) in [7, 11) is 0. The normalized spacial score (nSPS) is 19.1. The topological polar surface area (TPSA) is 95.9 Å². The summed E-state index contributed by atoms with van der Waals surface area (Å²) in [6.07, 6.45) is 0. The van der Waals surface area contributed by atoms with Crippen LogP contribution in [0.3, 0.4) is 0 Å². The summed E-state index contributed by atoms with van der Waals surface area (Å²) in [5, 5.41) is 12.3. The maximum absolute atomic E-state index is 12.8. The van der Waals surface area contributed by atoms with Crippen LogP contribution in [0.15, 0.2) is 48.5 Å².